The van der Waals surface area contributed by atoms with E-state index < -0.39 is 12.0 Å². The summed E-state index contributed by atoms with van der Waals surface area (Å²) in [5.41, 5.74) is 10.1. The number of hydrogen-bond donors (Lipinski definition) is 5. The largest absolute Gasteiger partial charge is 0.480 e. The molecule has 0 aromatic rings. The number of rotatable bonds is 6. The van der Waals surface area contributed by atoms with E-state index in [0.717, 1.165) is 0 Å². The van der Waals surface area contributed by atoms with Crippen molar-refractivity contribution in [1.82, 2.24) is 11.0 Å². The Balaban J connectivity index is 3.17. The van der Waals surface area contributed by atoms with Crippen LogP contribution in [0.1, 0.15) is 12.8 Å². The number of hydrogen-bond acceptors (Lipinski definition) is 5. The maximum absolute atomic E-state index is 10.2. The van der Waals surface area contributed by atoms with Gasteiger partial charge in [0.15, 0.2) is 0 Å². The average molecular weight is 162 g/mol. The van der Waals surface area contributed by atoms with Gasteiger partial charge in [0.1, 0.15) is 6.04 Å². The van der Waals surface area contributed by atoms with Gasteiger partial charge in [-0.2, -0.15) is 5.53 Å². The molecule has 0 bridgehead atoms. The molecule has 0 aliphatic rings. The Morgan fingerprint density at radius 1 is 1.64 bits per heavy atom. The van der Waals surface area contributed by atoms with Crippen LogP contribution in [0, 0.1) is 0 Å². The molecule has 0 saturated heterocycles. The molecule has 0 radical (unpaired) electrons. The van der Waals surface area contributed by atoms with Gasteiger partial charge in [-0.1, -0.05) is 0 Å². The van der Waals surface area contributed by atoms with Crippen LogP contribution < -0.4 is 22.5 Å². The number of carbonyl (C=O) groups is 1. The normalized spacial score (nSPS) is 12.9. The minimum Gasteiger partial charge on any atom is -0.480 e. The molecule has 0 aliphatic carbocycles. The molecule has 66 valence electrons. The molecule has 0 fully saturated rings. The highest BCUT2D eigenvalue weighted by atomic mass is 16.4. The van der Waals surface area contributed by atoms with Gasteiger partial charge in [-0.25, -0.2) is 5.43 Å². The number of aliphatic carboxylic acids is 1. The first-order valence-corrected chi connectivity index (χ1v) is 3.35. The molecular weight excluding hydrogens is 148 g/mol. The van der Waals surface area contributed by atoms with E-state index in [1.54, 1.807) is 0 Å². The summed E-state index contributed by atoms with van der Waals surface area (Å²) < 4.78 is 0. The molecule has 0 heterocycles. The van der Waals surface area contributed by atoms with Gasteiger partial charge >= 0.3 is 5.97 Å². The van der Waals surface area contributed by atoms with Crippen molar-refractivity contribution < 1.29 is 9.90 Å². The van der Waals surface area contributed by atoms with Crippen LogP contribution in [0.4, 0.5) is 0 Å². The number of nitrogens with one attached hydrogen (secondary N) is 2. The molecule has 0 aromatic heterocycles. The Morgan fingerprint density at radius 3 is 2.73 bits per heavy atom. The molecule has 0 saturated carbocycles. The molecule has 0 aromatic carbocycles. The van der Waals surface area contributed by atoms with E-state index in [-0.39, 0.29) is 0 Å². The Kier molecular flexibility index (Phi) is 5.67. The Labute approximate surface area is 64.9 Å². The van der Waals surface area contributed by atoms with Crippen molar-refractivity contribution in [2.45, 2.75) is 18.9 Å². The van der Waals surface area contributed by atoms with Gasteiger partial charge in [-0.3, -0.25) is 10.6 Å². The Morgan fingerprint density at radius 2 is 2.27 bits per heavy atom. The van der Waals surface area contributed by atoms with Crippen LogP contribution in [-0.2, 0) is 4.79 Å². The lowest BCUT2D eigenvalue weighted by atomic mass is 10.2. The fraction of sp³-hybridized carbons (Fsp3) is 0.800. The number of hydrazine groups is 2. The van der Waals surface area contributed by atoms with Crippen molar-refractivity contribution in [2.75, 3.05) is 6.54 Å². The summed E-state index contributed by atoms with van der Waals surface area (Å²) in [5.74, 6) is 3.93. The molecule has 6 nitrogen and oxygen atoms in total. The fourth-order valence-electron chi connectivity index (χ4n) is 0.606. The lowest BCUT2D eigenvalue weighted by Gasteiger charge is -2.05. The summed E-state index contributed by atoms with van der Waals surface area (Å²) in [4.78, 5) is 10.2. The monoisotopic (exact) mass is 162 g/mol. The number of carboxylic acids is 1. The maximum Gasteiger partial charge on any atom is 0.320 e. The second-order valence-electron chi connectivity index (χ2n) is 2.16. The van der Waals surface area contributed by atoms with Crippen LogP contribution in [0.2, 0.25) is 0 Å². The van der Waals surface area contributed by atoms with Crippen LogP contribution in [-0.4, -0.2) is 23.7 Å². The van der Waals surface area contributed by atoms with Crippen molar-refractivity contribution in [3.63, 3.8) is 0 Å². The number of nitrogens with two attached hydrogens (primary N) is 2. The van der Waals surface area contributed by atoms with E-state index >= 15 is 0 Å². The molecule has 7 N–H and O–H groups in total. The summed E-state index contributed by atoms with van der Waals surface area (Å²) in [7, 11) is 0. The first-order chi connectivity index (χ1) is 5.18. The zero-order valence-electron chi connectivity index (χ0n) is 6.21. The van der Waals surface area contributed by atoms with Gasteiger partial charge in [0.05, 0.1) is 0 Å². The predicted octanol–water partition coefficient (Wildman–Crippen LogP) is -1.85. The molecule has 6 heteroatoms. The molecule has 1 atom stereocenters. The predicted molar refractivity (Wildman–Crippen MR) is 40.2 cm³/mol. The van der Waals surface area contributed by atoms with Crippen LogP contribution in [0.5, 0.6) is 0 Å². The molecule has 0 aliphatic heterocycles. The van der Waals surface area contributed by atoms with Gasteiger partial charge in [0.25, 0.3) is 0 Å². The van der Waals surface area contributed by atoms with Crippen LogP contribution in [0.3, 0.4) is 0 Å². The third-order valence-corrected chi connectivity index (χ3v) is 1.24. The zero-order valence-corrected chi connectivity index (χ0v) is 6.21. The van der Waals surface area contributed by atoms with E-state index in [4.69, 9.17) is 16.7 Å². The Bertz CT molecular complexity index is 119. The van der Waals surface area contributed by atoms with Crippen molar-refractivity contribution in [2.24, 2.45) is 11.6 Å². The number of carboxylic acid groups (broad SMARTS) is 1. The molecule has 0 amide bonds. The molecule has 11 heavy (non-hydrogen) atoms. The van der Waals surface area contributed by atoms with E-state index in [1.807, 2.05) is 0 Å². The molecular formula is C5H14N4O2. The highest BCUT2D eigenvalue weighted by molar-refractivity contribution is 5.72. The highest BCUT2D eigenvalue weighted by Crippen LogP contribution is 1.91. The maximum atomic E-state index is 10.2. The smallest absolute Gasteiger partial charge is 0.320 e. The van der Waals surface area contributed by atoms with E-state index in [2.05, 4.69) is 11.0 Å². The minimum atomic E-state index is -0.967. The average Bonchev–Trinajstić information content (AvgIpc) is 1.97. The fourth-order valence-corrected chi connectivity index (χ4v) is 0.606. The SMILES string of the molecule is NNNCCCC(N)C(=O)O. The van der Waals surface area contributed by atoms with Gasteiger partial charge in [-0.15, -0.1) is 0 Å². The third kappa shape index (κ3) is 5.74. The second kappa shape index (κ2) is 6.05. The van der Waals surface area contributed by atoms with Crippen molar-refractivity contribution in [1.29, 1.82) is 0 Å². The van der Waals surface area contributed by atoms with Gasteiger partial charge in [-0.05, 0) is 12.8 Å². The lowest BCUT2D eigenvalue weighted by molar-refractivity contribution is -0.138. The standard InChI is InChI=1S/C5H14N4O2/c6-4(5(10)11)2-1-3-8-9-7/h4,8-9H,1-3,6-7H2,(H,10,11). The third-order valence-electron chi connectivity index (χ3n) is 1.24. The summed E-state index contributed by atoms with van der Waals surface area (Å²) in [6.07, 6.45) is 1.13. The van der Waals surface area contributed by atoms with Gasteiger partial charge < -0.3 is 10.8 Å². The quantitative estimate of drug-likeness (QED) is 0.178. The molecule has 1 unspecified atom stereocenters. The summed E-state index contributed by atoms with van der Waals surface area (Å²) in [6.45, 7) is 0.609. The first-order valence-electron chi connectivity index (χ1n) is 3.35. The van der Waals surface area contributed by atoms with Crippen molar-refractivity contribution in [3.8, 4) is 0 Å². The first kappa shape index (κ1) is 10.3. The van der Waals surface area contributed by atoms with Crippen LogP contribution in [0.15, 0.2) is 0 Å². The summed E-state index contributed by atoms with van der Waals surface area (Å²) >= 11 is 0. The van der Waals surface area contributed by atoms with E-state index in [1.165, 1.54) is 0 Å². The second-order valence-corrected chi connectivity index (χ2v) is 2.16. The van der Waals surface area contributed by atoms with Crippen molar-refractivity contribution >= 4 is 5.97 Å². The summed E-state index contributed by atoms with van der Waals surface area (Å²) in [6, 6.07) is -0.769. The van der Waals surface area contributed by atoms with E-state index in [9.17, 15) is 4.79 Å². The summed E-state index contributed by atoms with van der Waals surface area (Å²) in [5, 5.41) is 8.35. The zero-order chi connectivity index (χ0) is 8.69. The van der Waals surface area contributed by atoms with Crippen LogP contribution in [0.25, 0.3) is 0 Å². The minimum absolute atomic E-state index is 0.448. The highest BCUT2D eigenvalue weighted by Gasteiger charge is 2.09. The van der Waals surface area contributed by atoms with Gasteiger partial charge in [0.2, 0.25) is 0 Å². The van der Waals surface area contributed by atoms with E-state index in [0.29, 0.717) is 19.4 Å². The van der Waals surface area contributed by atoms with Gasteiger partial charge in [0, 0.05) is 6.54 Å². The molecule has 0 spiro atoms. The topological polar surface area (TPSA) is 113 Å². The Hall–Kier alpha value is -0.690. The van der Waals surface area contributed by atoms with Crippen molar-refractivity contribution in [3.05, 3.63) is 0 Å². The lowest BCUT2D eigenvalue weighted by Crippen LogP contribution is -2.39. The molecule has 0 rings (SSSR count). The van der Waals surface area contributed by atoms with Crippen LogP contribution >= 0.6 is 0 Å².